The van der Waals surface area contributed by atoms with Crippen LogP contribution in [0.2, 0.25) is 0 Å². The van der Waals surface area contributed by atoms with Crippen molar-refractivity contribution in [3.05, 3.63) is 77.4 Å². The van der Waals surface area contributed by atoms with E-state index >= 15 is 0 Å². The number of rotatable bonds is 7. The van der Waals surface area contributed by atoms with E-state index in [1.165, 1.54) is 0 Å². The van der Waals surface area contributed by atoms with Gasteiger partial charge in [-0.3, -0.25) is 0 Å². The Morgan fingerprint density at radius 2 is 1.67 bits per heavy atom. The van der Waals surface area contributed by atoms with Gasteiger partial charge in [-0.1, -0.05) is 36.4 Å². The number of methoxy groups -OCH3 is 3. The zero-order valence-corrected chi connectivity index (χ0v) is 18.7. The van der Waals surface area contributed by atoms with Gasteiger partial charge >= 0.3 is 0 Å². The Labute approximate surface area is 192 Å². The average Bonchev–Trinajstić information content (AvgIpc) is 3.60. The third-order valence-corrected chi connectivity index (χ3v) is 6.18. The van der Waals surface area contributed by atoms with Gasteiger partial charge in [0.1, 0.15) is 25.4 Å². The Hall–Kier alpha value is -3.42. The maximum atomic E-state index is 11.3. The van der Waals surface area contributed by atoms with E-state index in [0.29, 0.717) is 40.9 Å². The first kappa shape index (κ1) is 21.4. The van der Waals surface area contributed by atoms with Crippen LogP contribution in [0.5, 0.6) is 28.7 Å². The van der Waals surface area contributed by atoms with Crippen LogP contribution >= 0.6 is 0 Å². The number of epoxide rings is 1. The zero-order chi connectivity index (χ0) is 23.0. The normalized spacial score (nSPS) is 22.8. The van der Waals surface area contributed by atoms with Crippen molar-refractivity contribution >= 4 is 0 Å². The lowest BCUT2D eigenvalue weighted by Crippen LogP contribution is -2.35. The molecule has 3 aromatic rings. The number of aliphatic hydroxyl groups is 1. The van der Waals surface area contributed by atoms with E-state index in [1.54, 1.807) is 33.5 Å². The molecule has 2 heterocycles. The Balaban J connectivity index is 1.39. The van der Waals surface area contributed by atoms with Crippen molar-refractivity contribution < 1.29 is 33.5 Å². The second kappa shape index (κ2) is 8.50. The number of aliphatic hydroxyl groups excluding tert-OH is 1. The molecule has 3 aromatic carbocycles. The van der Waals surface area contributed by atoms with E-state index in [1.807, 2.05) is 48.5 Å². The average molecular weight is 450 g/mol. The first-order valence-electron chi connectivity index (χ1n) is 10.7. The zero-order valence-electron chi connectivity index (χ0n) is 18.7. The van der Waals surface area contributed by atoms with Crippen molar-refractivity contribution in [3.8, 4) is 28.7 Å². The molecule has 2 aliphatic heterocycles. The number of ether oxygens (including phenoxy) is 6. The SMILES string of the molecule is COc1ccc(C2OC23COc2c(ccc(OCc4ccccc4)c2OC)C3O)cc1OC. The third-order valence-electron chi connectivity index (χ3n) is 6.18. The highest BCUT2D eigenvalue weighted by Crippen LogP contribution is 2.61. The Morgan fingerprint density at radius 1 is 0.909 bits per heavy atom. The van der Waals surface area contributed by atoms with E-state index in [-0.39, 0.29) is 12.7 Å². The second-order valence-electron chi connectivity index (χ2n) is 8.05. The van der Waals surface area contributed by atoms with Gasteiger partial charge in [0, 0.05) is 5.56 Å². The molecule has 1 fully saturated rings. The molecule has 0 radical (unpaired) electrons. The van der Waals surface area contributed by atoms with Crippen molar-refractivity contribution in [3.63, 3.8) is 0 Å². The Bertz CT molecular complexity index is 1150. The predicted molar refractivity (Wildman–Crippen MR) is 120 cm³/mol. The fourth-order valence-electron chi connectivity index (χ4n) is 4.36. The predicted octanol–water partition coefficient (Wildman–Crippen LogP) is 4.23. The summed E-state index contributed by atoms with van der Waals surface area (Å²) in [5, 5.41) is 11.3. The number of fused-ring (bicyclic) bond motifs is 1. The Morgan fingerprint density at radius 3 is 2.39 bits per heavy atom. The summed E-state index contributed by atoms with van der Waals surface area (Å²) in [5.41, 5.74) is 1.66. The molecule has 1 N–H and O–H groups in total. The van der Waals surface area contributed by atoms with Crippen molar-refractivity contribution in [2.24, 2.45) is 0 Å². The molecule has 5 rings (SSSR count). The van der Waals surface area contributed by atoms with Crippen LogP contribution in [0.25, 0.3) is 0 Å². The molecule has 0 saturated carbocycles. The number of hydrogen-bond acceptors (Lipinski definition) is 7. The van der Waals surface area contributed by atoms with Crippen LogP contribution in [0.4, 0.5) is 0 Å². The van der Waals surface area contributed by atoms with Crippen LogP contribution in [0.3, 0.4) is 0 Å². The summed E-state index contributed by atoms with van der Waals surface area (Å²) in [6.45, 7) is 0.575. The fourth-order valence-corrected chi connectivity index (χ4v) is 4.36. The number of hydrogen-bond donors (Lipinski definition) is 1. The van der Waals surface area contributed by atoms with Gasteiger partial charge in [0.15, 0.2) is 28.6 Å². The molecule has 0 aliphatic carbocycles. The van der Waals surface area contributed by atoms with Gasteiger partial charge in [0.05, 0.1) is 21.3 Å². The fraction of sp³-hybridized carbons (Fsp3) is 0.308. The molecular formula is C26H26O7. The molecule has 172 valence electrons. The first-order valence-corrected chi connectivity index (χ1v) is 10.7. The van der Waals surface area contributed by atoms with Gasteiger partial charge in [-0.05, 0) is 35.4 Å². The van der Waals surface area contributed by atoms with Crippen LogP contribution in [0.1, 0.15) is 28.9 Å². The van der Waals surface area contributed by atoms with Crippen LogP contribution < -0.4 is 23.7 Å². The molecule has 3 atom stereocenters. The standard InChI is InChI=1S/C26H26O7/c1-28-19-11-9-17(13-21(19)29-2)25-26(33-25)15-32-22-18(24(26)27)10-12-20(23(22)30-3)31-14-16-7-5-4-6-8-16/h4-13,24-25,27H,14-15H2,1-3H3. The summed E-state index contributed by atoms with van der Waals surface area (Å²) in [7, 11) is 4.74. The number of benzene rings is 3. The Kier molecular flexibility index (Phi) is 5.52. The molecule has 2 aliphatic rings. The topological polar surface area (TPSA) is 78.9 Å². The summed E-state index contributed by atoms with van der Waals surface area (Å²) >= 11 is 0. The molecule has 7 nitrogen and oxygen atoms in total. The van der Waals surface area contributed by atoms with Gasteiger partial charge in [-0.25, -0.2) is 0 Å². The molecule has 3 unspecified atom stereocenters. The van der Waals surface area contributed by atoms with Crippen molar-refractivity contribution in [2.75, 3.05) is 27.9 Å². The highest BCUT2D eigenvalue weighted by molar-refractivity contribution is 5.59. The van der Waals surface area contributed by atoms with E-state index in [2.05, 4.69) is 0 Å². The quantitative estimate of drug-likeness (QED) is 0.540. The summed E-state index contributed by atoms with van der Waals surface area (Å²) in [6.07, 6.45) is -1.23. The molecule has 1 spiro atoms. The van der Waals surface area contributed by atoms with E-state index in [0.717, 1.165) is 11.1 Å². The lowest BCUT2D eigenvalue weighted by Gasteiger charge is -2.30. The second-order valence-corrected chi connectivity index (χ2v) is 8.05. The van der Waals surface area contributed by atoms with E-state index in [4.69, 9.17) is 28.4 Å². The van der Waals surface area contributed by atoms with Gasteiger partial charge in [0.25, 0.3) is 0 Å². The van der Waals surface area contributed by atoms with Gasteiger partial charge in [0.2, 0.25) is 5.75 Å². The lowest BCUT2D eigenvalue weighted by molar-refractivity contribution is 0.0206. The molecule has 1 saturated heterocycles. The van der Waals surface area contributed by atoms with Crippen LogP contribution in [-0.2, 0) is 11.3 Å². The van der Waals surface area contributed by atoms with Crippen LogP contribution in [-0.4, -0.2) is 38.6 Å². The molecule has 33 heavy (non-hydrogen) atoms. The molecular weight excluding hydrogens is 424 g/mol. The highest BCUT2D eigenvalue weighted by Gasteiger charge is 2.65. The van der Waals surface area contributed by atoms with Crippen LogP contribution in [0.15, 0.2) is 60.7 Å². The molecule has 0 amide bonds. The monoisotopic (exact) mass is 450 g/mol. The molecule has 7 heteroatoms. The minimum Gasteiger partial charge on any atom is -0.493 e. The highest BCUT2D eigenvalue weighted by atomic mass is 16.7. The van der Waals surface area contributed by atoms with Crippen LogP contribution in [0, 0.1) is 0 Å². The minimum atomic E-state index is -0.892. The van der Waals surface area contributed by atoms with E-state index < -0.39 is 11.7 Å². The minimum absolute atomic E-state index is 0.179. The maximum Gasteiger partial charge on any atom is 0.203 e. The van der Waals surface area contributed by atoms with Gasteiger partial charge in [-0.2, -0.15) is 0 Å². The molecule has 0 bridgehead atoms. The molecule has 0 aromatic heterocycles. The summed E-state index contributed by atoms with van der Waals surface area (Å²) in [5.74, 6) is 2.73. The lowest BCUT2D eigenvalue weighted by atomic mass is 9.87. The smallest absolute Gasteiger partial charge is 0.203 e. The summed E-state index contributed by atoms with van der Waals surface area (Å²) in [4.78, 5) is 0. The third kappa shape index (κ3) is 3.63. The largest absolute Gasteiger partial charge is 0.493 e. The summed E-state index contributed by atoms with van der Waals surface area (Å²) in [6, 6.07) is 19.1. The first-order chi connectivity index (χ1) is 16.1. The van der Waals surface area contributed by atoms with Crippen molar-refractivity contribution in [1.82, 2.24) is 0 Å². The summed E-state index contributed by atoms with van der Waals surface area (Å²) < 4.78 is 34.4. The van der Waals surface area contributed by atoms with Gasteiger partial charge in [-0.15, -0.1) is 0 Å². The van der Waals surface area contributed by atoms with E-state index in [9.17, 15) is 5.11 Å². The van der Waals surface area contributed by atoms with Crippen molar-refractivity contribution in [2.45, 2.75) is 24.4 Å². The van der Waals surface area contributed by atoms with Gasteiger partial charge < -0.3 is 33.5 Å². The maximum absolute atomic E-state index is 11.3. The van der Waals surface area contributed by atoms with Crippen molar-refractivity contribution in [1.29, 1.82) is 0 Å².